The molecule has 0 aromatic heterocycles. The first-order valence-electron chi connectivity index (χ1n) is 3.35. The lowest BCUT2D eigenvalue weighted by Gasteiger charge is -2.19. The second-order valence-electron chi connectivity index (χ2n) is 3.63. The van der Waals surface area contributed by atoms with Gasteiger partial charge in [-0.15, -0.1) is 0 Å². The first-order chi connectivity index (χ1) is 3.48. The third-order valence-corrected chi connectivity index (χ3v) is 3.69. The lowest BCUT2D eigenvalue weighted by atomic mass is 10.0. The summed E-state index contributed by atoms with van der Waals surface area (Å²) in [5.74, 6) is 8.21. The van der Waals surface area contributed by atoms with Gasteiger partial charge in [0.25, 0.3) is 0 Å². The number of rotatable bonds is 0. The predicted octanol–water partition coefficient (Wildman–Crippen LogP) is 1.09. The lowest BCUT2D eigenvalue weighted by molar-refractivity contribution is 0.569. The van der Waals surface area contributed by atoms with Gasteiger partial charge in [-0.25, -0.2) is 0 Å². The molecule has 7 heavy (non-hydrogen) atoms. The summed E-state index contributed by atoms with van der Waals surface area (Å²) in [7, 11) is 0. The largest absolute Gasteiger partial charge is 0.308 e. The van der Waals surface area contributed by atoms with Crippen LogP contribution in [0.5, 0.6) is 0 Å². The molecule has 5 atom stereocenters. The third-order valence-electron chi connectivity index (χ3n) is 3.69. The van der Waals surface area contributed by atoms with Crippen LogP contribution in [0.15, 0.2) is 0 Å². The highest BCUT2D eigenvalue weighted by Gasteiger charge is 2.75. The van der Waals surface area contributed by atoms with Gasteiger partial charge in [0, 0.05) is 0 Å². The Kier molecular flexibility index (Phi) is 0.150. The van der Waals surface area contributed by atoms with E-state index >= 15 is 0 Å². The zero-order chi connectivity index (χ0) is 4.17. The van der Waals surface area contributed by atoms with Crippen molar-refractivity contribution in [3.05, 3.63) is 5.92 Å². The molecule has 5 aliphatic rings. The van der Waals surface area contributed by atoms with E-state index in [1.165, 1.54) is 29.6 Å². The van der Waals surface area contributed by atoms with Crippen LogP contribution < -0.4 is 0 Å². The van der Waals surface area contributed by atoms with Crippen LogP contribution in [0.2, 0.25) is 0 Å². The van der Waals surface area contributed by atoms with Crippen molar-refractivity contribution < 1.29 is 0 Å². The highest BCUT2D eigenvalue weighted by molar-refractivity contribution is 5.51. The maximum absolute atomic E-state index is 2.01. The standard InChI is InChI=1S/C7H7/c1-2-4-5(2)7-3(1)6(4)7/h2-6H,1H2/q-1. The Morgan fingerprint density at radius 3 is 2.43 bits per heavy atom. The molecule has 0 aromatic carbocycles. The van der Waals surface area contributed by atoms with Gasteiger partial charge in [0.15, 0.2) is 0 Å². The second kappa shape index (κ2) is 0.416. The van der Waals surface area contributed by atoms with E-state index in [9.17, 15) is 0 Å². The Morgan fingerprint density at radius 1 is 1.29 bits per heavy atom. The highest BCUT2D eigenvalue weighted by atomic mass is 14.9. The number of hydrogen-bond donors (Lipinski definition) is 0. The Morgan fingerprint density at radius 2 is 2.29 bits per heavy atom. The molecular formula is C7H7-. The molecule has 36 valence electrons. The average Bonchev–Trinajstić information content (AvgIpc) is 2.18. The molecule has 0 spiro atoms. The third kappa shape index (κ3) is 0.0938. The van der Waals surface area contributed by atoms with Crippen molar-refractivity contribution in [2.75, 3.05) is 0 Å². The van der Waals surface area contributed by atoms with Gasteiger partial charge in [-0.1, -0.05) is 18.3 Å². The molecule has 0 amide bonds. The van der Waals surface area contributed by atoms with Crippen molar-refractivity contribution in [1.82, 2.24) is 0 Å². The Hall–Kier alpha value is 0. The van der Waals surface area contributed by atoms with Gasteiger partial charge in [0.2, 0.25) is 0 Å². The minimum Gasteiger partial charge on any atom is -0.308 e. The minimum atomic E-state index is 1.21. The monoisotopic (exact) mass is 91.1 g/mol. The summed E-state index contributed by atoms with van der Waals surface area (Å²) in [5.41, 5.74) is 0. The maximum Gasteiger partial charge on any atom is -0.0692 e. The molecule has 5 saturated carbocycles. The van der Waals surface area contributed by atoms with Crippen LogP contribution in [-0.4, -0.2) is 0 Å². The Balaban J connectivity index is 2.20. The lowest BCUT2D eigenvalue weighted by Crippen LogP contribution is -1.98. The van der Waals surface area contributed by atoms with Gasteiger partial charge in [0.1, 0.15) is 0 Å². The molecule has 5 rings (SSSR count). The van der Waals surface area contributed by atoms with Gasteiger partial charge in [0.05, 0.1) is 0 Å². The summed E-state index contributed by atoms with van der Waals surface area (Å²) >= 11 is 0. The molecule has 5 fully saturated rings. The van der Waals surface area contributed by atoms with E-state index in [1.807, 2.05) is 5.92 Å². The fraction of sp³-hybridized carbons (Fsp3) is 0.857. The van der Waals surface area contributed by atoms with Gasteiger partial charge >= 0.3 is 0 Å². The summed E-state index contributed by atoms with van der Waals surface area (Å²) in [4.78, 5) is 0. The van der Waals surface area contributed by atoms with Crippen molar-refractivity contribution >= 4 is 0 Å². The molecule has 5 aliphatic carbocycles. The molecule has 0 N–H and O–H groups in total. The summed E-state index contributed by atoms with van der Waals surface area (Å²) in [5, 5.41) is 0. The second-order valence-corrected chi connectivity index (χ2v) is 3.63. The van der Waals surface area contributed by atoms with Crippen molar-refractivity contribution in [3.63, 3.8) is 0 Å². The van der Waals surface area contributed by atoms with Crippen LogP contribution in [0.4, 0.5) is 0 Å². The molecule has 0 saturated heterocycles. The van der Waals surface area contributed by atoms with Crippen LogP contribution in [-0.2, 0) is 0 Å². The molecule has 0 radical (unpaired) electrons. The smallest absolute Gasteiger partial charge is 0.0692 e. The SMILES string of the molecule is C1C2[C-]3C2C2C1C32. The molecule has 0 heteroatoms. The fourth-order valence-corrected chi connectivity index (χ4v) is 3.44. The number of hydrogen-bond acceptors (Lipinski definition) is 0. The topological polar surface area (TPSA) is 0 Å². The van der Waals surface area contributed by atoms with Crippen LogP contribution in [0.3, 0.4) is 0 Å². The van der Waals surface area contributed by atoms with Crippen molar-refractivity contribution in [3.8, 4) is 0 Å². The molecule has 2 bridgehead atoms. The molecule has 0 nitrogen and oxygen atoms in total. The quantitative estimate of drug-likeness (QED) is 0.391. The van der Waals surface area contributed by atoms with E-state index in [4.69, 9.17) is 0 Å². The van der Waals surface area contributed by atoms with Crippen molar-refractivity contribution in [2.45, 2.75) is 6.42 Å². The summed E-state index contributed by atoms with van der Waals surface area (Å²) in [6.07, 6.45) is 1.62. The normalized spacial score (nSPS) is 88.3. The van der Waals surface area contributed by atoms with Crippen LogP contribution in [0.1, 0.15) is 6.42 Å². The summed E-state index contributed by atoms with van der Waals surface area (Å²) in [6, 6.07) is 0. The van der Waals surface area contributed by atoms with Crippen molar-refractivity contribution in [2.24, 2.45) is 29.6 Å². The predicted molar refractivity (Wildman–Crippen MR) is 25.3 cm³/mol. The van der Waals surface area contributed by atoms with Gasteiger partial charge in [-0.2, -0.15) is 17.8 Å². The van der Waals surface area contributed by atoms with E-state index < -0.39 is 0 Å². The molecule has 0 aromatic rings. The summed E-state index contributed by atoms with van der Waals surface area (Å²) < 4.78 is 0. The molecular weight excluding hydrogens is 84.1 g/mol. The molecule has 5 unspecified atom stereocenters. The van der Waals surface area contributed by atoms with Crippen LogP contribution in [0.25, 0.3) is 0 Å². The first-order valence-corrected chi connectivity index (χ1v) is 3.35. The molecule has 0 aliphatic heterocycles. The van der Waals surface area contributed by atoms with E-state index in [-0.39, 0.29) is 0 Å². The van der Waals surface area contributed by atoms with E-state index in [2.05, 4.69) is 0 Å². The van der Waals surface area contributed by atoms with E-state index in [0.29, 0.717) is 0 Å². The zero-order valence-corrected chi connectivity index (χ0v) is 4.09. The summed E-state index contributed by atoms with van der Waals surface area (Å²) in [6.45, 7) is 0. The first kappa shape index (κ1) is 2.52. The maximum atomic E-state index is 2.01. The van der Waals surface area contributed by atoms with Crippen molar-refractivity contribution in [1.29, 1.82) is 0 Å². The van der Waals surface area contributed by atoms with E-state index in [1.54, 1.807) is 6.42 Å². The van der Waals surface area contributed by atoms with Crippen LogP contribution >= 0.6 is 0 Å². The van der Waals surface area contributed by atoms with Gasteiger partial charge < -0.3 is 5.92 Å². The fourth-order valence-electron chi connectivity index (χ4n) is 3.44. The Labute approximate surface area is 42.9 Å². The van der Waals surface area contributed by atoms with E-state index in [0.717, 1.165) is 0 Å². The Bertz CT molecular complexity index is 100. The zero-order valence-electron chi connectivity index (χ0n) is 4.09. The van der Waals surface area contributed by atoms with Gasteiger partial charge in [-0.05, 0) is 0 Å². The highest BCUT2D eigenvalue weighted by Crippen LogP contribution is 2.93. The minimum absolute atomic E-state index is 1.21. The molecule has 0 heterocycles. The van der Waals surface area contributed by atoms with Gasteiger partial charge in [-0.3, -0.25) is 0 Å². The van der Waals surface area contributed by atoms with Crippen LogP contribution in [0, 0.1) is 35.5 Å². The average molecular weight is 91.1 g/mol.